The van der Waals surface area contributed by atoms with Crippen molar-refractivity contribution in [2.75, 3.05) is 6.54 Å². The van der Waals surface area contributed by atoms with Crippen LogP contribution in [-0.2, 0) is 0 Å². The van der Waals surface area contributed by atoms with Gasteiger partial charge in [0.2, 0.25) is 0 Å². The summed E-state index contributed by atoms with van der Waals surface area (Å²) in [6, 6.07) is 0. The second-order valence-corrected chi connectivity index (χ2v) is 3.11. The monoisotopic (exact) mass is 139 g/mol. The largest absolute Gasteiger partial charge is 0.330 e. The van der Waals surface area contributed by atoms with E-state index in [0.29, 0.717) is 0 Å². The van der Waals surface area contributed by atoms with E-state index in [0.717, 1.165) is 18.4 Å². The zero-order valence-corrected chi connectivity index (χ0v) is 6.72. The van der Waals surface area contributed by atoms with E-state index in [2.05, 4.69) is 19.1 Å². The highest BCUT2D eigenvalue weighted by Gasteiger charge is 2.32. The van der Waals surface area contributed by atoms with Crippen LogP contribution in [0.1, 0.15) is 26.2 Å². The van der Waals surface area contributed by atoms with Crippen LogP contribution in [0.5, 0.6) is 0 Å². The fourth-order valence-electron chi connectivity index (χ4n) is 1.22. The molecular formula is C9H17N. The van der Waals surface area contributed by atoms with Crippen LogP contribution in [0.2, 0.25) is 0 Å². The second-order valence-electron chi connectivity index (χ2n) is 3.11. The smallest absolute Gasteiger partial charge is 0.00430 e. The Bertz CT molecular complexity index is 118. The van der Waals surface area contributed by atoms with E-state index >= 15 is 0 Å². The molecule has 1 aliphatic carbocycles. The Morgan fingerprint density at radius 3 is 2.90 bits per heavy atom. The Balaban J connectivity index is 2.05. The van der Waals surface area contributed by atoms with Crippen LogP contribution in [-0.4, -0.2) is 6.54 Å². The van der Waals surface area contributed by atoms with Gasteiger partial charge in [0.25, 0.3) is 0 Å². The molecule has 10 heavy (non-hydrogen) atoms. The van der Waals surface area contributed by atoms with Crippen molar-refractivity contribution >= 4 is 0 Å². The maximum absolute atomic E-state index is 5.49. The van der Waals surface area contributed by atoms with E-state index in [1.54, 1.807) is 0 Å². The lowest BCUT2D eigenvalue weighted by Crippen LogP contribution is -2.01. The van der Waals surface area contributed by atoms with Crippen LogP contribution in [0.4, 0.5) is 0 Å². The number of nitrogens with two attached hydrogens (primary N) is 1. The van der Waals surface area contributed by atoms with Gasteiger partial charge >= 0.3 is 0 Å². The maximum Gasteiger partial charge on any atom is -0.00430 e. The zero-order valence-electron chi connectivity index (χ0n) is 6.72. The summed E-state index contributed by atoms with van der Waals surface area (Å²) < 4.78 is 0. The van der Waals surface area contributed by atoms with Crippen LogP contribution in [0.3, 0.4) is 0 Å². The fourth-order valence-corrected chi connectivity index (χ4v) is 1.22. The molecular weight excluding hydrogens is 122 g/mol. The van der Waals surface area contributed by atoms with Gasteiger partial charge in [0.05, 0.1) is 0 Å². The summed E-state index contributed by atoms with van der Waals surface area (Å²) in [5.74, 6) is 1.64. The zero-order chi connectivity index (χ0) is 7.40. The van der Waals surface area contributed by atoms with E-state index in [9.17, 15) is 0 Å². The Morgan fingerprint density at radius 1 is 1.60 bits per heavy atom. The van der Waals surface area contributed by atoms with Crippen molar-refractivity contribution in [1.29, 1.82) is 0 Å². The third-order valence-electron chi connectivity index (χ3n) is 2.12. The summed E-state index contributed by atoms with van der Waals surface area (Å²) in [7, 11) is 0. The molecule has 1 heteroatoms. The molecule has 0 aromatic heterocycles. The normalized spacial score (nSPS) is 31.4. The third-order valence-corrected chi connectivity index (χ3v) is 2.12. The van der Waals surface area contributed by atoms with Crippen molar-refractivity contribution in [3.63, 3.8) is 0 Å². The molecule has 0 spiro atoms. The predicted octanol–water partition coefficient (Wildman–Crippen LogP) is 1.94. The minimum absolute atomic E-state index is 0.813. The highest BCUT2D eigenvalue weighted by molar-refractivity contribution is 5.02. The summed E-state index contributed by atoms with van der Waals surface area (Å²) in [4.78, 5) is 0. The molecule has 1 nitrogen and oxygen atoms in total. The van der Waals surface area contributed by atoms with Gasteiger partial charge in [0.1, 0.15) is 0 Å². The Kier molecular flexibility index (Phi) is 2.94. The quantitative estimate of drug-likeness (QED) is 0.592. The summed E-state index contributed by atoms with van der Waals surface area (Å²) in [6.07, 6.45) is 8.45. The van der Waals surface area contributed by atoms with Gasteiger partial charge in [0.15, 0.2) is 0 Å². The van der Waals surface area contributed by atoms with Gasteiger partial charge in [-0.05, 0) is 31.2 Å². The first-order chi connectivity index (χ1) is 4.88. The SMILES string of the molecule is CCC/C=C/[C@@H]1C[C@H]1CN. The first-order valence-electron chi connectivity index (χ1n) is 4.25. The first-order valence-corrected chi connectivity index (χ1v) is 4.25. The van der Waals surface area contributed by atoms with Crippen molar-refractivity contribution in [3.8, 4) is 0 Å². The number of hydrogen-bond donors (Lipinski definition) is 1. The maximum atomic E-state index is 5.49. The van der Waals surface area contributed by atoms with Crippen LogP contribution >= 0.6 is 0 Å². The molecule has 2 N–H and O–H groups in total. The Morgan fingerprint density at radius 2 is 2.40 bits per heavy atom. The molecule has 0 aliphatic heterocycles. The van der Waals surface area contributed by atoms with Crippen LogP contribution < -0.4 is 5.73 Å². The summed E-state index contributed by atoms with van der Waals surface area (Å²) in [5.41, 5.74) is 5.49. The fraction of sp³-hybridized carbons (Fsp3) is 0.778. The number of unbranched alkanes of at least 4 members (excludes halogenated alkanes) is 1. The molecule has 0 heterocycles. The molecule has 1 fully saturated rings. The predicted molar refractivity (Wildman–Crippen MR) is 44.7 cm³/mol. The molecule has 1 aliphatic rings. The lowest BCUT2D eigenvalue weighted by Gasteiger charge is -1.86. The molecule has 0 unspecified atom stereocenters. The molecule has 0 aromatic carbocycles. The van der Waals surface area contributed by atoms with Gasteiger partial charge in [-0.2, -0.15) is 0 Å². The molecule has 58 valence electrons. The lowest BCUT2D eigenvalue weighted by atomic mass is 10.2. The van der Waals surface area contributed by atoms with Crippen LogP contribution in [0.25, 0.3) is 0 Å². The molecule has 0 saturated heterocycles. The molecule has 0 amide bonds. The minimum atomic E-state index is 0.813. The summed E-state index contributed by atoms with van der Waals surface area (Å²) in [5, 5.41) is 0. The second kappa shape index (κ2) is 3.77. The molecule has 1 rings (SSSR count). The lowest BCUT2D eigenvalue weighted by molar-refractivity contribution is 0.795. The van der Waals surface area contributed by atoms with E-state index in [1.165, 1.54) is 19.3 Å². The van der Waals surface area contributed by atoms with Gasteiger partial charge in [0, 0.05) is 0 Å². The van der Waals surface area contributed by atoms with Crippen molar-refractivity contribution < 1.29 is 0 Å². The van der Waals surface area contributed by atoms with Gasteiger partial charge in [-0.1, -0.05) is 25.5 Å². The van der Waals surface area contributed by atoms with Gasteiger partial charge < -0.3 is 5.73 Å². The topological polar surface area (TPSA) is 26.0 Å². The first kappa shape index (κ1) is 7.80. The van der Waals surface area contributed by atoms with Crippen LogP contribution in [0.15, 0.2) is 12.2 Å². The summed E-state index contributed by atoms with van der Waals surface area (Å²) >= 11 is 0. The Labute approximate surface area is 63.3 Å². The molecule has 0 bridgehead atoms. The standard InChI is InChI=1S/C9H17N/c1-2-3-4-5-8-6-9(8)7-10/h4-5,8-9H,2-3,6-7,10H2,1H3/b5-4+/t8-,9+/m1/s1. The van der Waals surface area contributed by atoms with E-state index in [1.807, 2.05) is 0 Å². The number of rotatable bonds is 4. The highest BCUT2D eigenvalue weighted by Crippen LogP contribution is 2.38. The van der Waals surface area contributed by atoms with Crippen molar-refractivity contribution in [3.05, 3.63) is 12.2 Å². The van der Waals surface area contributed by atoms with E-state index < -0.39 is 0 Å². The molecule has 2 atom stereocenters. The van der Waals surface area contributed by atoms with Gasteiger partial charge in [-0.3, -0.25) is 0 Å². The number of allylic oxidation sites excluding steroid dienone is 2. The van der Waals surface area contributed by atoms with Crippen molar-refractivity contribution in [2.24, 2.45) is 17.6 Å². The highest BCUT2D eigenvalue weighted by atomic mass is 14.6. The van der Waals surface area contributed by atoms with Gasteiger partial charge in [-0.25, -0.2) is 0 Å². The summed E-state index contributed by atoms with van der Waals surface area (Å²) in [6.45, 7) is 3.08. The molecule has 0 radical (unpaired) electrons. The van der Waals surface area contributed by atoms with E-state index in [4.69, 9.17) is 5.73 Å². The third kappa shape index (κ3) is 2.14. The van der Waals surface area contributed by atoms with Crippen molar-refractivity contribution in [1.82, 2.24) is 0 Å². The number of hydrogen-bond acceptors (Lipinski definition) is 1. The van der Waals surface area contributed by atoms with E-state index in [-0.39, 0.29) is 0 Å². The van der Waals surface area contributed by atoms with Gasteiger partial charge in [-0.15, -0.1) is 0 Å². The average molecular weight is 139 g/mol. The average Bonchev–Trinajstić information content (AvgIpc) is 2.68. The van der Waals surface area contributed by atoms with Crippen molar-refractivity contribution in [2.45, 2.75) is 26.2 Å². The Hall–Kier alpha value is -0.300. The minimum Gasteiger partial charge on any atom is -0.330 e. The van der Waals surface area contributed by atoms with Crippen LogP contribution in [0, 0.1) is 11.8 Å². The molecule has 1 saturated carbocycles. The molecule has 0 aromatic rings.